The lowest BCUT2D eigenvalue weighted by Gasteiger charge is -2.06. The standard InChI is InChI=1S/C42H28N6O4/c49-41(50)35-5-1-27(2-6-35)25-43-37-21-17-31(18-22-37)29-9-13-33(14-10-29)39-45-47-40(48-46-39)34-15-11-30(12-16-34)32-19-23-38(24-20-32)44-26-28-3-7-36(8-4-28)42(51)52/h1-26H,(H,49,50)(H,51,52)/b43-25+,44-26+. The van der Waals surface area contributed by atoms with Gasteiger partial charge in [0.2, 0.25) is 11.6 Å². The predicted octanol–water partition coefficient (Wildman–Crippen LogP) is 8.83. The van der Waals surface area contributed by atoms with Crippen LogP contribution in [0.4, 0.5) is 11.4 Å². The van der Waals surface area contributed by atoms with Crippen molar-refractivity contribution >= 4 is 35.7 Å². The summed E-state index contributed by atoms with van der Waals surface area (Å²) < 4.78 is 0. The first-order chi connectivity index (χ1) is 25.4. The number of carbonyl (C=O) groups is 2. The van der Waals surface area contributed by atoms with Gasteiger partial charge >= 0.3 is 11.9 Å². The molecule has 0 radical (unpaired) electrons. The Hall–Kier alpha value is -7.46. The lowest BCUT2D eigenvalue weighted by atomic mass is 10.0. The molecule has 0 spiro atoms. The number of nitrogens with zero attached hydrogens (tertiary/aromatic N) is 6. The second-order valence-electron chi connectivity index (χ2n) is 11.7. The van der Waals surface area contributed by atoms with Crippen LogP contribution in [0.2, 0.25) is 0 Å². The van der Waals surface area contributed by atoms with E-state index in [4.69, 9.17) is 10.2 Å². The topological polar surface area (TPSA) is 151 Å². The zero-order chi connectivity index (χ0) is 35.9. The molecule has 6 aromatic carbocycles. The van der Waals surface area contributed by atoms with E-state index in [0.29, 0.717) is 11.6 Å². The first kappa shape index (κ1) is 33.1. The molecule has 2 N–H and O–H groups in total. The molecule has 0 unspecified atom stereocenters. The number of hydrogen-bond donors (Lipinski definition) is 2. The van der Waals surface area contributed by atoms with E-state index < -0.39 is 11.9 Å². The van der Waals surface area contributed by atoms with Crippen LogP contribution in [0.5, 0.6) is 0 Å². The van der Waals surface area contributed by atoms with Crippen LogP contribution >= 0.6 is 0 Å². The molecule has 0 bridgehead atoms. The number of hydrogen-bond acceptors (Lipinski definition) is 8. The second-order valence-corrected chi connectivity index (χ2v) is 11.7. The molecule has 250 valence electrons. The molecule has 0 amide bonds. The normalized spacial score (nSPS) is 11.2. The summed E-state index contributed by atoms with van der Waals surface area (Å²) in [7, 11) is 0. The third-order valence-electron chi connectivity index (χ3n) is 8.21. The lowest BCUT2D eigenvalue weighted by molar-refractivity contribution is 0.0686. The summed E-state index contributed by atoms with van der Waals surface area (Å²) in [5, 5.41) is 35.4. The van der Waals surface area contributed by atoms with Gasteiger partial charge in [-0.25, -0.2) is 9.59 Å². The summed E-state index contributed by atoms with van der Waals surface area (Å²) in [5.74, 6) is -1.07. The van der Waals surface area contributed by atoms with E-state index >= 15 is 0 Å². The van der Waals surface area contributed by atoms with E-state index in [1.807, 2.05) is 97.1 Å². The van der Waals surface area contributed by atoms with Gasteiger partial charge in [-0.3, -0.25) is 9.98 Å². The monoisotopic (exact) mass is 680 g/mol. The maximum atomic E-state index is 11.0. The van der Waals surface area contributed by atoms with Crippen LogP contribution in [0.25, 0.3) is 45.0 Å². The van der Waals surface area contributed by atoms with Crippen molar-refractivity contribution in [2.75, 3.05) is 0 Å². The van der Waals surface area contributed by atoms with E-state index in [0.717, 1.165) is 55.9 Å². The van der Waals surface area contributed by atoms with E-state index in [1.54, 1.807) is 61.0 Å². The van der Waals surface area contributed by atoms with Crippen LogP contribution in [0.15, 0.2) is 156 Å². The third-order valence-corrected chi connectivity index (χ3v) is 8.21. The van der Waals surface area contributed by atoms with Gasteiger partial charge < -0.3 is 10.2 Å². The third kappa shape index (κ3) is 7.88. The van der Waals surface area contributed by atoms with Crippen molar-refractivity contribution < 1.29 is 19.8 Å². The first-order valence-electron chi connectivity index (χ1n) is 16.1. The van der Waals surface area contributed by atoms with Gasteiger partial charge in [0.15, 0.2) is 0 Å². The molecule has 10 nitrogen and oxygen atoms in total. The van der Waals surface area contributed by atoms with Gasteiger partial charge in [0, 0.05) is 23.6 Å². The van der Waals surface area contributed by atoms with Crippen LogP contribution in [0, 0.1) is 0 Å². The molecule has 0 aliphatic rings. The van der Waals surface area contributed by atoms with E-state index in [-0.39, 0.29) is 11.1 Å². The fraction of sp³-hybridized carbons (Fsp3) is 0. The highest BCUT2D eigenvalue weighted by atomic mass is 16.4. The highest BCUT2D eigenvalue weighted by Crippen LogP contribution is 2.27. The number of carboxylic acids is 2. The summed E-state index contributed by atoms with van der Waals surface area (Å²) in [6.07, 6.45) is 3.40. The van der Waals surface area contributed by atoms with Crippen molar-refractivity contribution in [1.29, 1.82) is 0 Å². The summed E-state index contributed by atoms with van der Waals surface area (Å²) >= 11 is 0. The minimum Gasteiger partial charge on any atom is -0.478 e. The fourth-order valence-electron chi connectivity index (χ4n) is 5.29. The number of carboxylic acid groups (broad SMARTS) is 2. The van der Waals surface area contributed by atoms with Crippen molar-refractivity contribution in [3.63, 3.8) is 0 Å². The summed E-state index contributed by atoms with van der Waals surface area (Å²) in [5.41, 5.74) is 9.36. The first-order valence-corrected chi connectivity index (χ1v) is 16.1. The molecule has 10 heteroatoms. The van der Waals surface area contributed by atoms with Crippen molar-refractivity contribution in [2.24, 2.45) is 9.98 Å². The molecular weight excluding hydrogens is 652 g/mol. The summed E-state index contributed by atoms with van der Waals surface area (Å²) in [6.45, 7) is 0. The van der Waals surface area contributed by atoms with E-state index in [1.165, 1.54) is 0 Å². The van der Waals surface area contributed by atoms with Crippen molar-refractivity contribution in [1.82, 2.24) is 20.4 Å². The van der Waals surface area contributed by atoms with Gasteiger partial charge in [-0.2, -0.15) is 0 Å². The SMILES string of the molecule is O=C(O)c1ccc(/C=N/c2ccc(-c3ccc(-c4nnc(-c5ccc(-c6ccc(/N=C/c7ccc(C(=O)O)cc7)cc6)cc5)nn4)cc3)cc2)cc1. The highest BCUT2D eigenvalue weighted by Gasteiger charge is 2.09. The van der Waals surface area contributed by atoms with E-state index in [9.17, 15) is 9.59 Å². The minimum absolute atomic E-state index is 0.237. The molecule has 0 fully saturated rings. The maximum absolute atomic E-state index is 11.0. The molecule has 0 aliphatic carbocycles. The van der Waals surface area contributed by atoms with E-state index in [2.05, 4.69) is 30.4 Å². The van der Waals surface area contributed by atoms with Gasteiger partial charge in [0.05, 0.1) is 22.5 Å². The molecule has 0 saturated heterocycles. The molecular formula is C42H28N6O4. The lowest BCUT2D eigenvalue weighted by Crippen LogP contribution is -1.99. The molecule has 7 rings (SSSR count). The number of aromatic nitrogens is 4. The minimum atomic E-state index is -0.958. The molecule has 1 heterocycles. The Kier molecular flexibility index (Phi) is 9.52. The highest BCUT2D eigenvalue weighted by molar-refractivity contribution is 5.90. The van der Waals surface area contributed by atoms with Crippen LogP contribution in [0.3, 0.4) is 0 Å². The van der Waals surface area contributed by atoms with Crippen molar-refractivity contribution in [2.45, 2.75) is 0 Å². The van der Waals surface area contributed by atoms with Crippen LogP contribution < -0.4 is 0 Å². The Morgan fingerprint density at radius 3 is 0.942 bits per heavy atom. The smallest absolute Gasteiger partial charge is 0.335 e. The van der Waals surface area contributed by atoms with Gasteiger partial charge in [-0.05, 0) is 81.9 Å². The van der Waals surface area contributed by atoms with Crippen LogP contribution in [-0.4, -0.2) is 55.0 Å². The van der Waals surface area contributed by atoms with Gasteiger partial charge in [-0.15, -0.1) is 20.4 Å². The second kappa shape index (κ2) is 15.0. The average Bonchev–Trinajstić information content (AvgIpc) is 3.20. The molecule has 0 atom stereocenters. The zero-order valence-corrected chi connectivity index (χ0v) is 27.4. The average molecular weight is 681 g/mol. The number of rotatable bonds is 10. The Morgan fingerprint density at radius 2 is 0.654 bits per heavy atom. The number of aromatic carboxylic acids is 2. The molecule has 1 aromatic heterocycles. The molecule has 7 aromatic rings. The summed E-state index contributed by atoms with van der Waals surface area (Å²) in [6, 6.07) is 44.5. The van der Waals surface area contributed by atoms with Gasteiger partial charge in [0.1, 0.15) is 0 Å². The Balaban J connectivity index is 0.954. The Labute approximate surface area is 298 Å². The fourth-order valence-corrected chi connectivity index (χ4v) is 5.29. The quantitative estimate of drug-likeness (QED) is 0.136. The Bertz CT molecular complexity index is 2220. The number of aliphatic imine (C=N–C) groups is 2. The van der Waals surface area contributed by atoms with Gasteiger partial charge in [-0.1, -0.05) is 97.1 Å². The molecule has 0 saturated carbocycles. The van der Waals surface area contributed by atoms with Crippen molar-refractivity contribution in [3.05, 3.63) is 168 Å². The van der Waals surface area contributed by atoms with Gasteiger partial charge in [0.25, 0.3) is 0 Å². The van der Waals surface area contributed by atoms with Crippen LogP contribution in [0.1, 0.15) is 31.8 Å². The Morgan fingerprint density at radius 1 is 0.385 bits per heavy atom. The predicted molar refractivity (Wildman–Crippen MR) is 201 cm³/mol. The largest absolute Gasteiger partial charge is 0.478 e. The zero-order valence-electron chi connectivity index (χ0n) is 27.4. The molecule has 52 heavy (non-hydrogen) atoms. The van der Waals surface area contributed by atoms with Crippen molar-refractivity contribution in [3.8, 4) is 45.0 Å². The van der Waals surface area contributed by atoms with Crippen LogP contribution in [-0.2, 0) is 0 Å². The molecule has 0 aliphatic heterocycles. The number of benzene rings is 6. The maximum Gasteiger partial charge on any atom is 0.335 e. The summed E-state index contributed by atoms with van der Waals surface area (Å²) in [4.78, 5) is 31.1.